The van der Waals surface area contributed by atoms with Crippen molar-refractivity contribution in [2.24, 2.45) is 0 Å². The van der Waals surface area contributed by atoms with E-state index in [1.807, 2.05) is 48.5 Å². The molecule has 1 unspecified atom stereocenters. The molecule has 1 N–H and O–H groups in total. The average Bonchev–Trinajstić information content (AvgIpc) is 2.90. The molecule has 0 aliphatic heterocycles. The molecule has 0 aliphatic carbocycles. The van der Waals surface area contributed by atoms with Crippen molar-refractivity contribution in [3.8, 4) is 5.75 Å². The molecule has 3 rings (SSSR count). The van der Waals surface area contributed by atoms with Crippen LogP contribution in [0.25, 0.3) is 0 Å². The smallest absolute Gasteiger partial charge is 0.243 e. The first-order chi connectivity index (χ1) is 18.0. The van der Waals surface area contributed by atoms with Crippen LogP contribution in [-0.2, 0) is 22.6 Å². The van der Waals surface area contributed by atoms with Gasteiger partial charge in [0, 0.05) is 36.0 Å². The van der Waals surface area contributed by atoms with E-state index in [1.165, 1.54) is 0 Å². The van der Waals surface area contributed by atoms with Crippen LogP contribution in [0.5, 0.6) is 5.75 Å². The van der Waals surface area contributed by atoms with Crippen LogP contribution in [0.2, 0.25) is 10.0 Å². The van der Waals surface area contributed by atoms with Crippen LogP contribution in [0.1, 0.15) is 43.7 Å². The number of amides is 2. The lowest BCUT2D eigenvalue weighted by molar-refractivity contribution is -0.141. The summed E-state index contributed by atoms with van der Waals surface area (Å²) in [5, 5.41) is 4.27. The molecule has 3 aromatic carbocycles. The predicted molar refractivity (Wildman–Crippen MR) is 150 cm³/mol. The lowest BCUT2D eigenvalue weighted by Crippen LogP contribution is -2.50. The molecule has 0 aromatic heterocycles. The SMILES string of the molecule is CCCCNC(=O)C(Cc1ccccc1)N(Cc1cccc(Cl)c1)C(=O)CCCOc1ccc(Cl)cc1. The van der Waals surface area contributed by atoms with Crippen molar-refractivity contribution in [3.05, 3.63) is 100 Å². The van der Waals surface area contributed by atoms with Gasteiger partial charge in [0.2, 0.25) is 11.8 Å². The number of nitrogens with one attached hydrogen (secondary N) is 1. The predicted octanol–water partition coefficient (Wildman–Crippen LogP) is 6.71. The molecule has 5 nitrogen and oxygen atoms in total. The van der Waals surface area contributed by atoms with E-state index in [0.29, 0.717) is 41.8 Å². The number of carbonyl (C=O) groups excluding carboxylic acids is 2. The van der Waals surface area contributed by atoms with Crippen molar-refractivity contribution >= 4 is 35.0 Å². The maximum atomic E-state index is 13.6. The van der Waals surface area contributed by atoms with Gasteiger partial charge >= 0.3 is 0 Å². The van der Waals surface area contributed by atoms with E-state index in [2.05, 4.69) is 12.2 Å². The number of ether oxygens (including phenoxy) is 1. The highest BCUT2D eigenvalue weighted by Crippen LogP contribution is 2.19. The zero-order valence-electron chi connectivity index (χ0n) is 21.2. The lowest BCUT2D eigenvalue weighted by atomic mass is 10.0. The molecule has 3 aromatic rings. The van der Waals surface area contributed by atoms with Gasteiger partial charge in [-0.2, -0.15) is 0 Å². The Balaban J connectivity index is 1.77. The fourth-order valence-electron chi connectivity index (χ4n) is 3.98. The number of benzene rings is 3. The molecular formula is C30H34Cl2N2O3. The molecule has 7 heteroatoms. The largest absolute Gasteiger partial charge is 0.494 e. The van der Waals surface area contributed by atoms with Gasteiger partial charge in [0.05, 0.1) is 6.61 Å². The van der Waals surface area contributed by atoms with Gasteiger partial charge in [-0.3, -0.25) is 9.59 Å². The summed E-state index contributed by atoms with van der Waals surface area (Å²) in [5.41, 5.74) is 1.87. The molecular weight excluding hydrogens is 507 g/mol. The Morgan fingerprint density at radius 1 is 0.892 bits per heavy atom. The number of nitrogens with zero attached hydrogens (tertiary/aromatic N) is 1. The molecule has 0 radical (unpaired) electrons. The van der Waals surface area contributed by atoms with E-state index in [9.17, 15) is 9.59 Å². The number of hydrogen-bond acceptors (Lipinski definition) is 3. The Hall–Kier alpha value is -3.02. The molecule has 2 amide bonds. The standard InChI is InChI=1S/C30H34Cl2N2O3/c1-2-3-18-33-30(36)28(21-23-9-5-4-6-10-23)34(22-24-11-7-12-26(32)20-24)29(35)13-8-19-37-27-16-14-25(31)15-17-27/h4-7,9-12,14-17,20,28H,2-3,8,13,18-19,21-22H2,1H3,(H,33,36). The summed E-state index contributed by atoms with van der Waals surface area (Å²) in [4.78, 5) is 28.7. The topological polar surface area (TPSA) is 58.6 Å². The summed E-state index contributed by atoms with van der Waals surface area (Å²) in [6.07, 6.45) is 3.05. The van der Waals surface area contributed by atoms with Gasteiger partial charge in [0.25, 0.3) is 0 Å². The normalized spacial score (nSPS) is 11.5. The minimum Gasteiger partial charge on any atom is -0.494 e. The van der Waals surface area contributed by atoms with Gasteiger partial charge in [-0.15, -0.1) is 0 Å². The first kappa shape index (κ1) is 28.5. The second-order valence-electron chi connectivity index (χ2n) is 8.91. The highest BCUT2D eigenvalue weighted by atomic mass is 35.5. The van der Waals surface area contributed by atoms with Crippen LogP contribution in [-0.4, -0.2) is 35.9 Å². The lowest BCUT2D eigenvalue weighted by Gasteiger charge is -2.31. The first-order valence-corrected chi connectivity index (χ1v) is 13.5. The maximum absolute atomic E-state index is 13.6. The van der Waals surface area contributed by atoms with Crippen LogP contribution in [0, 0.1) is 0 Å². The zero-order valence-corrected chi connectivity index (χ0v) is 22.7. The fraction of sp³-hybridized carbons (Fsp3) is 0.333. The molecule has 0 aliphatic rings. The van der Waals surface area contributed by atoms with Crippen LogP contribution in [0.3, 0.4) is 0 Å². The summed E-state index contributed by atoms with van der Waals surface area (Å²) < 4.78 is 5.77. The molecule has 0 bridgehead atoms. The monoisotopic (exact) mass is 540 g/mol. The maximum Gasteiger partial charge on any atom is 0.243 e. The summed E-state index contributed by atoms with van der Waals surface area (Å²) in [5.74, 6) is 0.446. The van der Waals surface area contributed by atoms with Crippen molar-refractivity contribution < 1.29 is 14.3 Å². The minimum atomic E-state index is -0.650. The van der Waals surface area contributed by atoms with E-state index in [-0.39, 0.29) is 24.8 Å². The molecule has 0 heterocycles. The molecule has 196 valence electrons. The minimum absolute atomic E-state index is 0.105. The van der Waals surface area contributed by atoms with E-state index in [1.54, 1.807) is 35.2 Å². The van der Waals surface area contributed by atoms with Crippen LogP contribution in [0.4, 0.5) is 0 Å². The third-order valence-corrected chi connectivity index (χ3v) is 6.45. The Bertz CT molecular complexity index is 1120. The van der Waals surface area contributed by atoms with E-state index >= 15 is 0 Å². The summed E-state index contributed by atoms with van der Waals surface area (Å²) >= 11 is 12.2. The summed E-state index contributed by atoms with van der Waals surface area (Å²) in [7, 11) is 0. The van der Waals surface area contributed by atoms with Crippen molar-refractivity contribution in [3.63, 3.8) is 0 Å². The molecule has 1 atom stereocenters. The number of halogens is 2. The molecule has 0 saturated heterocycles. The highest BCUT2D eigenvalue weighted by molar-refractivity contribution is 6.30. The van der Waals surface area contributed by atoms with Crippen LogP contribution in [0.15, 0.2) is 78.9 Å². The highest BCUT2D eigenvalue weighted by Gasteiger charge is 2.30. The van der Waals surface area contributed by atoms with E-state index in [4.69, 9.17) is 27.9 Å². The van der Waals surface area contributed by atoms with Gasteiger partial charge in [0.15, 0.2) is 0 Å². The van der Waals surface area contributed by atoms with Crippen molar-refractivity contribution in [1.29, 1.82) is 0 Å². The van der Waals surface area contributed by atoms with Gasteiger partial charge < -0.3 is 15.0 Å². The van der Waals surface area contributed by atoms with Gasteiger partial charge in [-0.1, -0.05) is 79.0 Å². The molecule has 37 heavy (non-hydrogen) atoms. The molecule has 0 saturated carbocycles. The number of hydrogen-bond donors (Lipinski definition) is 1. The van der Waals surface area contributed by atoms with Crippen molar-refractivity contribution in [2.75, 3.05) is 13.2 Å². The Kier molecular flexibility index (Phi) is 11.8. The zero-order chi connectivity index (χ0) is 26.5. The van der Waals surface area contributed by atoms with E-state index < -0.39 is 6.04 Å². The van der Waals surface area contributed by atoms with Gasteiger partial charge in [0.1, 0.15) is 11.8 Å². The van der Waals surface area contributed by atoms with E-state index in [0.717, 1.165) is 24.0 Å². The quantitative estimate of drug-likeness (QED) is 0.231. The molecule has 0 spiro atoms. The third-order valence-electron chi connectivity index (χ3n) is 5.96. The Morgan fingerprint density at radius 2 is 1.62 bits per heavy atom. The third kappa shape index (κ3) is 9.75. The van der Waals surface area contributed by atoms with Crippen molar-refractivity contribution in [1.82, 2.24) is 10.2 Å². The van der Waals surface area contributed by atoms with Gasteiger partial charge in [-0.25, -0.2) is 0 Å². The number of carbonyl (C=O) groups is 2. The van der Waals surface area contributed by atoms with Crippen molar-refractivity contribution in [2.45, 2.75) is 51.6 Å². The second-order valence-corrected chi connectivity index (χ2v) is 9.78. The molecule has 0 fully saturated rings. The van der Waals surface area contributed by atoms with Crippen LogP contribution < -0.4 is 10.1 Å². The number of rotatable bonds is 14. The number of unbranched alkanes of at least 4 members (excludes halogenated alkanes) is 1. The second kappa shape index (κ2) is 15.3. The van der Waals surface area contributed by atoms with Crippen LogP contribution >= 0.6 is 23.2 Å². The van der Waals surface area contributed by atoms with Gasteiger partial charge in [-0.05, 0) is 60.4 Å². The fourth-order valence-corrected chi connectivity index (χ4v) is 4.32. The Morgan fingerprint density at radius 3 is 2.32 bits per heavy atom. The average molecular weight is 542 g/mol. The summed E-state index contributed by atoms with van der Waals surface area (Å²) in [6, 6.07) is 23.7. The first-order valence-electron chi connectivity index (χ1n) is 12.7. The Labute approximate surface area is 229 Å². The summed E-state index contributed by atoms with van der Waals surface area (Å²) in [6.45, 7) is 3.32.